The summed E-state index contributed by atoms with van der Waals surface area (Å²) in [6.45, 7) is 0.142. The molecule has 1 saturated heterocycles. The molecular formula is C15H15F2NO3S. The number of carbonyl (C=O) groups is 2. The molecule has 0 aromatic heterocycles. The molecular weight excluding hydrogens is 312 g/mol. The monoisotopic (exact) mass is 327 g/mol. The van der Waals surface area contributed by atoms with Crippen molar-refractivity contribution in [2.24, 2.45) is 0 Å². The number of benzene rings is 1. The summed E-state index contributed by atoms with van der Waals surface area (Å²) in [5.41, 5.74) is 0.935. The Morgan fingerprint density at radius 1 is 1.41 bits per heavy atom. The highest BCUT2D eigenvalue weighted by molar-refractivity contribution is 7.83. The van der Waals surface area contributed by atoms with E-state index in [1.807, 2.05) is 0 Å². The molecule has 1 unspecified atom stereocenters. The average Bonchev–Trinajstić information content (AvgIpc) is 2.68. The van der Waals surface area contributed by atoms with Crippen LogP contribution in [0.5, 0.6) is 0 Å². The predicted molar refractivity (Wildman–Crippen MR) is 80.3 cm³/mol. The standard InChI is InChI=1S/C15H15F2NO3S/c16-15(17)9-12(6-8-22)18(14(15)21)7-5-10-1-3-11(4-2-10)13(19)20/h1-4,6,8,12,22H,5,7,9H2,(H,19,20)/b8-6+. The molecule has 0 spiro atoms. The summed E-state index contributed by atoms with van der Waals surface area (Å²) >= 11 is 3.87. The smallest absolute Gasteiger partial charge is 0.335 e. The van der Waals surface area contributed by atoms with Crippen LogP contribution in [-0.4, -0.2) is 40.4 Å². The fraction of sp³-hybridized carbons (Fsp3) is 0.333. The Morgan fingerprint density at radius 2 is 2.05 bits per heavy atom. The van der Waals surface area contributed by atoms with Gasteiger partial charge in [0, 0.05) is 13.0 Å². The molecule has 1 aliphatic rings. The number of carboxylic acids is 1. The van der Waals surface area contributed by atoms with E-state index >= 15 is 0 Å². The minimum Gasteiger partial charge on any atom is -0.478 e. The van der Waals surface area contributed by atoms with E-state index in [4.69, 9.17) is 5.11 Å². The van der Waals surface area contributed by atoms with Crippen molar-refractivity contribution in [3.05, 3.63) is 46.9 Å². The maximum absolute atomic E-state index is 13.5. The highest BCUT2D eigenvalue weighted by Gasteiger charge is 2.52. The summed E-state index contributed by atoms with van der Waals surface area (Å²) < 4.78 is 27.0. The number of likely N-dealkylation sites (tertiary alicyclic amines) is 1. The number of thiol groups is 1. The summed E-state index contributed by atoms with van der Waals surface area (Å²) in [5, 5.41) is 10.2. The number of alkyl halides is 2. The van der Waals surface area contributed by atoms with Gasteiger partial charge in [-0.15, -0.1) is 0 Å². The topological polar surface area (TPSA) is 57.6 Å². The molecule has 1 fully saturated rings. The Morgan fingerprint density at radius 3 is 2.59 bits per heavy atom. The summed E-state index contributed by atoms with van der Waals surface area (Å²) in [7, 11) is 0. The fourth-order valence-corrected chi connectivity index (χ4v) is 2.62. The van der Waals surface area contributed by atoms with Crippen LogP contribution < -0.4 is 0 Å². The summed E-state index contributed by atoms with van der Waals surface area (Å²) in [6, 6.07) is 5.46. The van der Waals surface area contributed by atoms with Gasteiger partial charge in [-0.1, -0.05) is 18.2 Å². The van der Waals surface area contributed by atoms with Crippen molar-refractivity contribution >= 4 is 24.5 Å². The molecule has 0 bridgehead atoms. The van der Waals surface area contributed by atoms with E-state index in [0.29, 0.717) is 6.42 Å². The van der Waals surface area contributed by atoms with Crippen LogP contribution in [-0.2, 0) is 11.2 Å². The molecule has 1 aliphatic heterocycles. The van der Waals surface area contributed by atoms with Crippen molar-refractivity contribution in [1.29, 1.82) is 0 Å². The van der Waals surface area contributed by atoms with Crippen molar-refractivity contribution in [3.8, 4) is 0 Å². The normalized spacial score (nSPS) is 20.8. The second kappa shape index (κ2) is 6.48. The molecule has 7 heteroatoms. The highest BCUT2D eigenvalue weighted by atomic mass is 32.1. The largest absolute Gasteiger partial charge is 0.478 e. The van der Waals surface area contributed by atoms with E-state index in [2.05, 4.69) is 12.6 Å². The van der Waals surface area contributed by atoms with Gasteiger partial charge in [-0.05, 0) is 29.5 Å². The highest BCUT2D eigenvalue weighted by Crippen LogP contribution is 2.34. The lowest BCUT2D eigenvalue weighted by molar-refractivity contribution is -0.148. The number of halogens is 2. The van der Waals surface area contributed by atoms with E-state index in [0.717, 1.165) is 10.5 Å². The quantitative estimate of drug-likeness (QED) is 0.818. The zero-order valence-electron chi connectivity index (χ0n) is 11.6. The number of nitrogens with zero attached hydrogens (tertiary/aromatic N) is 1. The van der Waals surface area contributed by atoms with Gasteiger partial charge in [0.05, 0.1) is 11.6 Å². The first-order chi connectivity index (χ1) is 10.3. The van der Waals surface area contributed by atoms with Gasteiger partial charge in [-0.25, -0.2) is 4.79 Å². The number of aromatic carboxylic acids is 1. The molecule has 1 aromatic rings. The summed E-state index contributed by atoms with van der Waals surface area (Å²) in [4.78, 5) is 23.6. The molecule has 1 amide bonds. The van der Waals surface area contributed by atoms with Gasteiger partial charge in [0.2, 0.25) is 0 Å². The third-order valence-electron chi connectivity index (χ3n) is 3.59. The van der Waals surface area contributed by atoms with Crippen LogP contribution in [0.15, 0.2) is 35.7 Å². The van der Waals surface area contributed by atoms with Crippen molar-refractivity contribution in [3.63, 3.8) is 0 Å². The maximum atomic E-state index is 13.5. The third-order valence-corrected chi connectivity index (χ3v) is 3.76. The maximum Gasteiger partial charge on any atom is 0.335 e. The molecule has 0 saturated carbocycles. The van der Waals surface area contributed by atoms with E-state index in [-0.39, 0.29) is 12.1 Å². The predicted octanol–water partition coefficient (Wildman–Crippen LogP) is 2.61. The summed E-state index contributed by atoms with van der Waals surface area (Å²) in [5.74, 6) is -5.54. The Kier molecular flexibility index (Phi) is 4.85. The molecule has 0 radical (unpaired) electrons. The zero-order valence-corrected chi connectivity index (χ0v) is 12.5. The second-order valence-corrected chi connectivity index (χ2v) is 5.37. The van der Waals surface area contributed by atoms with Crippen LogP contribution >= 0.6 is 12.6 Å². The fourth-order valence-electron chi connectivity index (χ4n) is 2.42. The molecule has 1 N–H and O–H groups in total. The Labute approximate surface area is 131 Å². The summed E-state index contributed by atoms with van der Waals surface area (Å²) in [6.07, 6.45) is 1.30. The number of rotatable bonds is 5. The first kappa shape index (κ1) is 16.5. The van der Waals surface area contributed by atoms with Gasteiger partial charge >= 0.3 is 11.9 Å². The van der Waals surface area contributed by atoms with Gasteiger partial charge in [-0.2, -0.15) is 21.4 Å². The van der Waals surface area contributed by atoms with E-state index < -0.39 is 30.3 Å². The van der Waals surface area contributed by atoms with Crippen LogP contribution in [0.2, 0.25) is 0 Å². The van der Waals surface area contributed by atoms with Gasteiger partial charge in [0.1, 0.15) is 0 Å². The number of hydrogen-bond acceptors (Lipinski definition) is 3. The molecule has 118 valence electrons. The number of hydrogen-bond donors (Lipinski definition) is 2. The van der Waals surface area contributed by atoms with Crippen LogP contribution in [0, 0.1) is 0 Å². The van der Waals surface area contributed by atoms with Crippen LogP contribution in [0.25, 0.3) is 0 Å². The van der Waals surface area contributed by atoms with Crippen molar-refractivity contribution < 1.29 is 23.5 Å². The molecule has 1 heterocycles. The number of carbonyl (C=O) groups excluding carboxylic acids is 1. The van der Waals surface area contributed by atoms with Gasteiger partial charge in [0.25, 0.3) is 5.91 Å². The van der Waals surface area contributed by atoms with Crippen molar-refractivity contribution in [1.82, 2.24) is 4.90 Å². The minimum atomic E-state index is -3.34. The molecule has 4 nitrogen and oxygen atoms in total. The molecule has 1 aromatic carbocycles. The first-order valence-electron chi connectivity index (χ1n) is 6.67. The van der Waals surface area contributed by atoms with Crippen molar-refractivity contribution in [2.75, 3.05) is 6.54 Å². The SMILES string of the molecule is O=C(O)c1ccc(CCN2C(=O)C(F)(F)CC2/C=C/S)cc1. The van der Waals surface area contributed by atoms with Gasteiger partial charge in [0.15, 0.2) is 0 Å². The Hall–Kier alpha value is -1.89. The lowest BCUT2D eigenvalue weighted by atomic mass is 10.1. The van der Waals surface area contributed by atoms with Gasteiger partial charge in [-0.3, -0.25) is 4.79 Å². The Bertz CT molecular complexity index is 601. The lowest BCUT2D eigenvalue weighted by Crippen LogP contribution is -2.37. The zero-order chi connectivity index (χ0) is 16.3. The average molecular weight is 327 g/mol. The molecule has 0 aliphatic carbocycles. The van der Waals surface area contributed by atoms with Crippen LogP contribution in [0.1, 0.15) is 22.3 Å². The number of amides is 1. The minimum absolute atomic E-state index is 0.142. The second-order valence-electron chi connectivity index (χ2n) is 5.07. The van der Waals surface area contributed by atoms with E-state index in [1.165, 1.54) is 23.6 Å². The third kappa shape index (κ3) is 3.47. The van der Waals surface area contributed by atoms with Gasteiger partial charge < -0.3 is 10.0 Å². The van der Waals surface area contributed by atoms with E-state index in [9.17, 15) is 18.4 Å². The lowest BCUT2D eigenvalue weighted by Gasteiger charge is -2.21. The molecule has 1 atom stereocenters. The number of carboxylic acid groups (broad SMARTS) is 1. The van der Waals surface area contributed by atoms with E-state index in [1.54, 1.807) is 12.1 Å². The van der Waals surface area contributed by atoms with Crippen LogP contribution in [0.4, 0.5) is 8.78 Å². The molecule has 22 heavy (non-hydrogen) atoms. The Balaban J connectivity index is 2.05. The van der Waals surface area contributed by atoms with Crippen molar-refractivity contribution in [2.45, 2.75) is 24.8 Å². The van der Waals surface area contributed by atoms with Crippen LogP contribution in [0.3, 0.4) is 0 Å². The molecule has 2 rings (SSSR count). The first-order valence-corrected chi connectivity index (χ1v) is 7.19.